The fourth-order valence-electron chi connectivity index (χ4n) is 4.59. The lowest BCUT2D eigenvalue weighted by molar-refractivity contribution is 0.306. The van der Waals surface area contributed by atoms with Crippen LogP contribution in [0.2, 0.25) is 0 Å². The minimum atomic E-state index is -0.544. The van der Waals surface area contributed by atoms with Gasteiger partial charge in [0.15, 0.2) is 17.5 Å². The highest BCUT2D eigenvalue weighted by Gasteiger charge is 2.22. The van der Waals surface area contributed by atoms with E-state index in [0.717, 1.165) is 24.9 Å². The van der Waals surface area contributed by atoms with Crippen molar-refractivity contribution >= 4 is 11.5 Å². The van der Waals surface area contributed by atoms with E-state index in [2.05, 4.69) is 25.6 Å². The predicted molar refractivity (Wildman–Crippen MR) is 142 cm³/mol. The highest BCUT2D eigenvalue weighted by atomic mass is 19.1. The van der Waals surface area contributed by atoms with Gasteiger partial charge in [0.1, 0.15) is 35.2 Å². The Balaban J connectivity index is 1.36. The second-order valence-electron chi connectivity index (χ2n) is 9.26. The van der Waals surface area contributed by atoms with Crippen LogP contribution in [-0.4, -0.2) is 38.5 Å². The summed E-state index contributed by atoms with van der Waals surface area (Å²) >= 11 is 0. The number of rotatable bonds is 7. The number of hydrogen-bond acceptors (Lipinski definition) is 6. The summed E-state index contributed by atoms with van der Waals surface area (Å²) in [7, 11) is 0. The van der Waals surface area contributed by atoms with Crippen molar-refractivity contribution in [1.29, 1.82) is 0 Å². The SMILES string of the molecule is Fc1ccc2ncc(-c3nc(N[C@@H]4CCCNC4)c(F)c(-c4ccc(OCc5ccccc5)cc4)n3)n2c1. The maximum absolute atomic E-state index is 15.9. The van der Waals surface area contributed by atoms with Crippen LogP contribution in [0.3, 0.4) is 0 Å². The van der Waals surface area contributed by atoms with E-state index >= 15 is 4.39 Å². The van der Waals surface area contributed by atoms with Crippen molar-refractivity contribution in [2.24, 2.45) is 0 Å². The molecule has 1 saturated heterocycles. The molecule has 0 spiro atoms. The lowest BCUT2D eigenvalue weighted by Gasteiger charge is -2.25. The van der Waals surface area contributed by atoms with Crippen LogP contribution in [0.15, 0.2) is 79.1 Å². The summed E-state index contributed by atoms with van der Waals surface area (Å²) in [4.78, 5) is 13.4. The van der Waals surface area contributed by atoms with Gasteiger partial charge in [-0.2, -0.15) is 0 Å². The van der Waals surface area contributed by atoms with E-state index < -0.39 is 11.6 Å². The molecule has 0 aliphatic carbocycles. The Morgan fingerprint density at radius 2 is 1.84 bits per heavy atom. The van der Waals surface area contributed by atoms with Gasteiger partial charge in [-0.25, -0.2) is 23.7 Å². The Morgan fingerprint density at radius 3 is 2.63 bits per heavy atom. The molecule has 3 aromatic heterocycles. The molecule has 1 fully saturated rings. The van der Waals surface area contributed by atoms with Crippen molar-refractivity contribution in [2.75, 3.05) is 18.4 Å². The van der Waals surface area contributed by atoms with Gasteiger partial charge < -0.3 is 15.4 Å². The minimum absolute atomic E-state index is 0.0299. The molecule has 5 aromatic rings. The van der Waals surface area contributed by atoms with Gasteiger partial charge in [0.2, 0.25) is 0 Å². The van der Waals surface area contributed by atoms with E-state index in [1.807, 2.05) is 30.3 Å². The number of pyridine rings is 1. The second-order valence-corrected chi connectivity index (χ2v) is 9.26. The Hall–Kier alpha value is -4.37. The molecular formula is C29H26F2N6O. The molecule has 1 aliphatic heterocycles. The lowest BCUT2D eigenvalue weighted by Crippen LogP contribution is -2.38. The van der Waals surface area contributed by atoms with Crippen LogP contribution in [-0.2, 0) is 6.61 Å². The van der Waals surface area contributed by atoms with E-state index in [1.165, 1.54) is 12.3 Å². The molecule has 7 nitrogen and oxygen atoms in total. The lowest BCUT2D eigenvalue weighted by atomic mass is 10.1. The number of aromatic nitrogens is 4. The zero-order valence-corrected chi connectivity index (χ0v) is 20.6. The van der Waals surface area contributed by atoms with Crippen molar-refractivity contribution in [3.05, 3.63) is 96.3 Å². The summed E-state index contributed by atoms with van der Waals surface area (Å²) in [6.45, 7) is 2.08. The fourth-order valence-corrected chi connectivity index (χ4v) is 4.59. The van der Waals surface area contributed by atoms with Crippen LogP contribution in [0.4, 0.5) is 14.6 Å². The van der Waals surface area contributed by atoms with Gasteiger partial charge in [0.25, 0.3) is 0 Å². The number of nitrogens with zero attached hydrogens (tertiary/aromatic N) is 4. The fraction of sp³-hybridized carbons (Fsp3) is 0.207. The van der Waals surface area contributed by atoms with Crippen molar-refractivity contribution in [3.63, 3.8) is 0 Å². The summed E-state index contributed by atoms with van der Waals surface area (Å²) in [5.41, 5.74) is 2.78. The smallest absolute Gasteiger partial charge is 0.191 e. The number of piperidine rings is 1. The Kier molecular flexibility index (Phi) is 6.66. The van der Waals surface area contributed by atoms with Crippen LogP contribution in [0.5, 0.6) is 5.75 Å². The first-order valence-corrected chi connectivity index (χ1v) is 12.6. The number of imidazole rings is 1. The van der Waals surface area contributed by atoms with Crippen LogP contribution < -0.4 is 15.4 Å². The maximum Gasteiger partial charge on any atom is 0.191 e. The van der Waals surface area contributed by atoms with Gasteiger partial charge >= 0.3 is 0 Å². The van der Waals surface area contributed by atoms with Crippen LogP contribution in [0.1, 0.15) is 18.4 Å². The summed E-state index contributed by atoms with van der Waals surface area (Å²) in [5, 5.41) is 6.58. The molecule has 0 bridgehead atoms. The summed E-state index contributed by atoms with van der Waals surface area (Å²) in [6.07, 6.45) is 4.77. The number of benzene rings is 2. The van der Waals surface area contributed by atoms with Crippen LogP contribution >= 0.6 is 0 Å². The topological polar surface area (TPSA) is 76.4 Å². The Bertz CT molecular complexity index is 1550. The third-order valence-corrected chi connectivity index (χ3v) is 6.56. The largest absolute Gasteiger partial charge is 0.489 e. The molecule has 38 heavy (non-hydrogen) atoms. The molecule has 1 aliphatic rings. The number of halogens is 2. The molecule has 2 N–H and O–H groups in total. The molecule has 2 aromatic carbocycles. The van der Waals surface area contributed by atoms with Crippen molar-refractivity contribution in [1.82, 2.24) is 24.7 Å². The van der Waals surface area contributed by atoms with E-state index in [1.54, 1.807) is 40.9 Å². The summed E-state index contributed by atoms with van der Waals surface area (Å²) in [5.74, 6) is 0.0508. The summed E-state index contributed by atoms with van der Waals surface area (Å²) in [6, 6.07) is 20.0. The number of fused-ring (bicyclic) bond motifs is 1. The van der Waals surface area contributed by atoms with Crippen molar-refractivity contribution in [2.45, 2.75) is 25.5 Å². The van der Waals surface area contributed by atoms with Gasteiger partial charge in [-0.05, 0) is 61.3 Å². The highest BCUT2D eigenvalue weighted by Crippen LogP contribution is 2.31. The molecule has 0 radical (unpaired) electrons. The monoisotopic (exact) mass is 512 g/mol. The molecule has 6 rings (SSSR count). The van der Waals surface area contributed by atoms with E-state index in [0.29, 0.717) is 35.8 Å². The second kappa shape index (κ2) is 10.5. The Morgan fingerprint density at radius 1 is 1.00 bits per heavy atom. The molecule has 0 saturated carbocycles. The normalized spacial score (nSPS) is 15.5. The number of hydrogen-bond donors (Lipinski definition) is 2. The van der Waals surface area contributed by atoms with Crippen molar-refractivity contribution < 1.29 is 13.5 Å². The molecule has 9 heteroatoms. The van der Waals surface area contributed by atoms with Gasteiger partial charge in [0.05, 0.1) is 6.20 Å². The number of nitrogens with one attached hydrogen (secondary N) is 2. The first-order chi connectivity index (χ1) is 18.6. The molecular weight excluding hydrogens is 486 g/mol. The van der Waals surface area contributed by atoms with Gasteiger partial charge in [0, 0.05) is 24.3 Å². The molecule has 0 amide bonds. The van der Waals surface area contributed by atoms with Crippen LogP contribution in [0, 0.1) is 11.6 Å². The van der Waals surface area contributed by atoms with Gasteiger partial charge in [-0.3, -0.25) is 4.40 Å². The molecule has 0 unspecified atom stereocenters. The van der Waals surface area contributed by atoms with E-state index in [4.69, 9.17) is 4.74 Å². The third-order valence-electron chi connectivity index (χ3n) is 6.56. The van der Waals surface area contributed by atoms with Gasteiger partial charge in [-0.15, -0.1) is 0 Å². The van der Waals surface area contributed by atoms with Crippen LogP contribution in [0.25, 0.3) is 28.4 Å². The zero-order valence-electron chi connectivity index (χ0n) is 20.6. The molecule has 4 heterocycles. The van der Waals surface area contributed by atoms with E-state index in [-0.39, 0.29) is 23.4 Å². The number of anilines is 1. The average molecular weight is 513 g/mol. The minimum Gasteiger partial charge on any atom is -0.489 e. The van der Waals surface area contributed by atoms with Crippen molar-refractivity contribution in [3.8, 4) is 28.5 Å². The zero-order chi connectivity index (χ0) is 25.9. The number of ether oxygens (including phenoxy) is 1. The Labute approximate surface area is 218 Å². The first kappa shape index (κ1) is 24.0. The quantitative estimate of drug-likeness (QED) is 0.301. The highest BCUT2D eigenvalue weighted by molar-refractivity contribution is 5.69. The molecule has 192 valence electrons. The third kappa shape index (κ3) is 5.05. The average Bonchev–Trinajstić information content (AvgIpc) is 3.37. The predicted octanol–water partition coefficient (Wildman–Crippen LogP) is 5.48. The van der Waals surface area contributed by atoms with Gasteiger partial charge in [-0.1, -0.05) is 30.3 Å². The maximum atomic E-state index is 15.9. The first-order valence-electron chi connectivity index (χ1n) is 12.6. The molecule has 1 atom stereocenters. The van der Waals surface area contributed by atoms with E-state index in [9.17, 15) is 4.39 Å². The standard InChI is InChI=1S/C29H26F2N6O/c30-21-10-13-25-33-16-24(37(25)17-21)28-35-27(26(31)29(36-28)34-22-7-4-14-32-15-22)20-8-11-23(12-9-20)38-18-19-5-2-1-3-6-19/h1-3,5-6,8-13,16-17,22,32H,4,7,14-15,18H2,(H,34,35,36)/t22-/m1/s1. The summed E-state index contributed by atoms with van der Waals surface area (Å²) < 4.78 is 37.4.